The van der Waals surface area contributed by atoms with E-state index in [0.29, 0.717) is 12.8 Å². The Morgan fingerprint density at radius 2 is 2.20 bits per heavy atom. The molecule has 0 aliphatic heterocycles. The highest BCUT2D eigenvalue weighted by molar-refractivity contribution is 5.89. The van der Waals surface area contributed by atoms with Gasteiger partial charge in [-0.25, -0.2) is 4.79 Å². The van der Waals surface area contributed by atoms with Crippen LogP contribution in [0.2, 0.25) is 0 Å². The number of carboxylic acids is 1. The van der Waals surface area contributed by atoms with Gasteiger partial charge in [0.25, 0.3) is 0 Å². The predicted molar refractivity (Wildman–Crippen MR) is 52.2 cm³/mol. The van der Waals surface area contributed by atoms with Gasteiger partial charge in [-0.15, -0.1) is 0 Å². The van der Waals surface area contributed by atoms with Crippen LogP contribution in [0.4, 0.5) is 0 Å². The van der Waals surface area contributed by atoms with Crippen LogP contribution < -0.4 is 11.1 Å². The van der Waals surface area contributed by atoms with Crippen LogP contribution in [0.15, 0.2) is 0 Å². The van der Waals surface area contributed by atoms with Crippen molar-refractivity contribution in [3.05, 3.63) is 0 Å². The summed E-state index contributed by atoms with van der Waals surface area (Å²) in [5.41, 5.74) is 4.33. The van der Waals surface area contributed by atoms with E-state index in [1.807, 2.05) is 0 Å². The molecule has 0 aromatic heterocycles. The van der Waals surface area contributed by atoms with Crippen molar-refractivity contribution in [2.45, 2.75) is 30.9 Å². The summed E-state index contributed by atoms with van der Waals surface area (Å²) < 4.78 is 4.93. The van der Waals surface area contributed by atoms with Crippen LogP contribution in [0.25, 0.3) is 0 Å². The van der Waals surface area contributed by atoms with Crippen LogP contribution in [-0.2, 0) is 14.3 Å². The molecule has 1 fully saturated rings. The molecule has 1 aliphatic carbocycles. The summed E-state index contributed by atoms with van der Waals surface area (Å²) in [4.78, 5) is 22.2. The first-order valence-electron chi connectivity index (χ1n) is 4.81. The fourth-order valence-electron chi connectivity index (χ4n) is 1.30. The summed E-state index contributed by atoms with van der Waals surface area (Å²) in [5, 5.41) is 11.3. The van der Waals surface area contributed by atoms with E-state index < -0.39 is 11.5 Å². The van der Waals surface area contributed by atoms with Gasteiger partial charge in [0.05, 0.1) is 12.5 Å². The third kappa shape index (κ3) is 2.90. The highest BCUT2D eigenvalue weighted by atomic mass is 16.5. The van der Waals surface area contributed by atoms with Crippen molar-refractivity contribution >= 4 is 11.9 Å². The summed E-state index contributed by atoms with van der Waals surface area (Å²) in [6.45, 7) is 0.240. The first kappa shape index (κ1) is 11.9. The number of nitrogens with two attached hydrogens (primary N) is 1. The van der Waals surface area contributed by atoms with Gasteiger partial charge in [0.2, 0.25) is 5.91 Å². The number of ether oxygens (including phenoxy) is 1. The Labute approximate surface area is 87.8 Å². The lowest BCUT2D eigenvalue weighted by Gasteiger charge is -2.16. The molecule has 1 rings (SSSR count). The van der Waals surface area contributed by atoms with E-state index in [-0.39, 0.29) is 25.0 Å². The monoisotopic (exact) mass is 216 g/mol. The van der Waals surface area contributed by atoms with Crippen molar-refractivity contribution in [3.8, 4) is 0 Å². The van der Waals surface area contributed by atoms with Crippen LogP contribution in [0.1, 0.15) is 19.3 Å². The Balaban J connectivity index is 2.39. The summed E-state index contributed by atoms with van der Waals surface area (Å²) in [7, 11) is 1.47. The van der Waals surface area contributed by atoms with E-state index >= 15 is 0 Å². The average Bonchev–Trinajstić information content (AvgIpc) is 2.95. The lowest BCUT2D eigenvalue weighted by atomic mass is 10.2. The van der Waals surface area contributed by atoms with E-state index in [2.05, 4.69) is 5.32 Å². The highest BCUT2D eigenvalue weighted by Crippen LogP contribution is 2.35. The standard InChI is InChI=1S/C9H16N2O4/c1-15-6(5-10)4-7(12)11-9(2-3-9)8(13)14/h6H,2-5,10H2,1H3,(H,11,12)(H,13,14). The Morgan fingerprint density at radius 1 is 1.60 bits per heavy atom. The molecule has 1 aliphatic rings. The molecular weight excluding hydrogens is 200 g/mol. The molecule has 0 bridgehead atoms. The number of nitrogens with one attached hydrogen (secondary N) is 1. The van der Waals surface area contributed by atoms with Gasteiger partial charge in [-0.3, -0.25) is 4.79 Å². The second-order valence-corrected chi connectivity index (χ2v) is 3.73. The van der Waals surface area contributed by atoms with E-state index in [4.69, 9.17) is 15.6 Å². The summed E-state index contributed by atoms with van der Waals surface area (Å²) >= 11 is 0. The van der Waals surface area contributed by atoms with Gasteiger partial charge in [-0.05, 0) is 12.8 Å². The van der Waals surface area contributed by atoms with Gasteiger partial charge in [-0.1, -0.05) is 0 Å². The van der Waals surface area contributed by atoms with Crippen molar-refractivity contribution in [1.82, 2.24) is 5.32 Å². The minimum atomic E-state index is -1.02. The van der Waals surface area contributed by atoms with E-state index in [0.717, 1.165) is 0 Å². The van der Waals surface area contributed by atoms with Gasteiger partial charge in [0, 0.05) is 13.7 Å². The molecule has 0 saturated heterocycles. The number of hydrogen-bond donors (Lipinski definition) is 3. The smallest absolute Gasteiger partial charge is 0.329 e. The maximum absolute atomic E-state index is 11.4. The zero-order chi connectivity index (χ0) is 11.5. The van der Waals surface area contributed by atoms with E-state index in [1.165, 1.54) is 7.11 Å². The normalized spacial score (nSPS) is 19.3. The number of rotatable bonds is 6. The first-order chi connectivity index (χ1) is 7.04. The molecular formula is C9H16N2O4. The van der Waals surface area contributed by atoms with Crippen LogP contribution >= 0.6 is 0 Å². The average molecular weight is 216 g/mol. The molecule has 0 aromatic carbocycles. The number of methoxy groups -OCH3 is 1. The van der Waals surface area contributed by atoms with Crippen molar-refractivity contribution in [2.24, 2.45) is 5.73 Å². The molecule has 1 atom stereocenters. The molecule has 1 amide bonds. The maximum Gasteiger partial charge on any atom is 0.329 e. The maximum atomic E-state index is 11.4. The molecule has 15 heavy (non-hydrogen) atoms. The fourth-order valence-corrected chi connectivity index (χ4v) is 1.30. The van der Waals surface area contributed by atoms with Crippen molar-refractivity contribution < 1.29 is 19.4 Å². The molecule has 0 aromatic rings. The van der Waals surface area contributed by atoms with Crippen molar-refractivity contribution in [2.75, 3.05) is 13.7 Å². The Kier molecular flexibility index (Phi) is 3.65. The molecule has 0 heterocycles. The minimum Gasteiger partial charge on any atom is -0.480 e. The fraction of sp³-hybridized carbons (Fsp3) is 0.778. The zero-order valence-corrected chi connectivity index (χ0v) is 8.66. The zero-order valence-electron chi connectivity index (χ0n) is 8.66. The van der Waals surface area contributed by atoms with Crippen molar-refractivity contribution in [3.63, 3.8) is 0 Å². The van der Waals surface area contributed by atoms with Crippen LogP contribution in [0, 0.1) is 0 Å². The number of carbonyl (C=O) groups is 2. The van der Waals surface area contributed by atoms with E-state index in [9.17, 15) is 9.59 Å². The van der Waals surface area contributed by atoms with Crippen LogP contribution in [-0.4, -0.2) is 42.3 Å². The third-order valence-corrected chi connectivity index (χ3v) is 2.55. The topological polar surface area (TPSA) is 102 Å². The Hall–Kier alpha value is -1.14. The second-order valence-electron chi connectivity index (χ2n) is 3.73. The number of aliphatic carboxylic acids is 1. The Bertz CT molecular complexity index is 259. The molecule has 0 radical (unpaired) electrons. The van der Waals surface area contributed by atoms with Crippen LogP contribution in [0.3, 0.4) is 0 Å². The molecule has 4 N–H and O–H groups in total. The highest BCUT2D eigenvalue weighted by Gasteiger charge is 2.51. The van der Waals surface area contributed by atoms with Gasteiger partial charge < -0.3 is 20.9 Å². The van der Waals surface area contributed by atoms with E-state index in [1.54, 1.807) is 0 Å². The van der Waals surface area contributed by atoms with Gasteiger partial charge in [0.1, 0.15) is 5.54 Å². The van der Waals surface area contributed by atoms with Gasteiger partial charge in [0.15, 0.2) is 0 Å². The second kappa shape index (κ2) is 4.59. The summed E-state index contributed by atoms with van der Waals surface area (Å²) in [6.07, 6.45) is 0.736. The predicted octanol–water partition coefficient (Wildman–Crippen LogP) is -0.916. The molecule has 1 saturated carbocycles. The lowest BCUT2D eigenvalue weighted by Crippen LogP contribution is -2.44. The quantitative estimate of drug-likeness (QED) is 0.533. The molecule has 1 unspecified atom stereocenters. The minimum absolute atomic E-state index is 0.0992. The SMILES string of the molecule is COC(CN)CC(=O)NC1(C(=O)O)CC1. The summed E-state index contributed by atoms with van der Waals surface area (Å²) in [6, 6.07) is 0. The molecule has 86 valence electrons. The van der Waals surface area contributed by atoms with Crippen LogP contribution in [0.5, 0.6) is 0 Å². The van der Waals surface area contributed by atoms with Crippen molar-refractivity contribution in [1.29, 1.82) is 0 Å². The number of amides is 1. The number of carbonyl (C=O) groups excluding carboxylic acids is 1. The molecule has 6 heteroatoms. The molecule has 0 spiro atoms. The lowest BCUT2D eigenvalue weighted by molar-refractivity contribution is -0.143. The summed E-state index contributed by atoms with van der Waals surface area (Å²) in [5.74, 6) is -1.30. The number of hydrogen-bond acceptors (Lipinski definition) is 4. The third-order valence-electron chi connectivity index (χ3n) is 2.55. The number of carboxylic acid groups (broad SMARTS) is 1. The molecule has 6 nitrogen and oxygen atoms in total. The van der Waals surface area contributed by atoms with Gasteiger partial charge in [-0.2, -0.15) is 0 Å². The van der Waals surface area contributed by atoms with Gasteiger partial charge >= 0.3 is 5.97 Å². The largest absolute Gasteiger partial charge is 0.480 e. The Morgan fingerprint density at radius 3 is 2.53 bits per heavy atom. The first-order valence-corrected chi connectivity index (χ1v) is 4.81.